The van der Waals surface area contributed by atoms with Gasteiger partial charge in [0.05, 0.1) is 11.6 Å². The molecule has 0 N–H and O–H groups in total. The van der Waals surface area contributed by atoms with Gasteiger partial charge in [-0.25, -0.2) is 0 Å². The Morgan fingerprint density at radius 1 is 1.14 bits per heavy atom. The maximum Gasteiger partial charge on any atom is 0.276 e. The molecule has 1 amide bonds. The third-order valence-electron chi connectivity index (χ3n) is 5.21. The van der Waals surface area contributed by atoms with Gasteiger partial charge in [0.1, 0.15) is 5.70 Å². The smallest absolute Gasteiger partial charge is 0.276 e. The lowest BCUT2D eigenvalue weighted by molar-refractivity contribution is -0.122. The van der Waals surface area contributed by atoms with Crippen molar-refractivity contribution < 1.29 is 4.79 Å². The van der Waals surface area contributed by atoms with Crippen LogP contribution in [0.3, 0.4) is 0 Å². The minimum Gasteiger partial charge on any atom is -0.342 e. The van der Waals surface area contributed by atoms with Crippen molar-refractivity contribution >= 4 is 40.2 Å². The van der Waals surface area contributed by atoms with Crippen LogP contribution in [0.5, 0.6) is 0 Å². The van der Waals surface area contributed by atoms with Gasteiger partial charge < -0.3 is 9.47 Å². The lowest BCUT2D eigenvalue weighted by Gasteiger charge is -2.13. The van der Waals surface area contributed by atoms with Gasteiger partial charge in [0.25, 0.3) is 5.91 Å². The van der Waals surface area contributed by atoms with E-state index in [-0.39, 0.29) is 5.91 Å². The van der Waals surface area contributed by atoms with Gasteiger partial charge in [0, 0.05) is 42.8 Å². The second-order valence-corrected chi connectivity index (χ2v) is 7.32. The van der Waals surface area contributed by atoms with Gasteiger partial charge in [-0.1, -0.05) is 30.3 Å². The van der Waals surface area contributed by atoms with E-state index in [1.54, 1.807) is 9.80 Å². The zero-order valence-electron chi connectivity index (χ0n) is 16.3. The summed E-state index contributed by atoms with van der Waals surface area (Å²) in [5.74, 6) is -0.0658. The number of likely N-dealkylation sites (N-methyl/N-ethyl adjacent to an activating group) is 2. The second-order valence-electron chi connectivity index (χ2n) is 6.96. The zero-order chi connectivity index (χ0) is 20.5. The van der Waals surface area contributed by atoms with E-state index in [1.807, 2.05) is 56.4 Å². The number of benzene rings is 2. The van der Waals surface area contributed by atoms with Crippen molar-refractivity contribution in [1.29, 1.82) is 5.26 Å². The minimum absolute atomic E-state index is 0.0658. The lowest BCUT2D eigenvalue weighted by Crippen LogP contribution is -2.30. The summed E-state index contributed by atoms with van der Waals surface area (Å²) < 4.78 is 2.17. The summed E-state index contributed by atoms with van der Waals surface area (Å²) in [4.78, 5) is 16.1. The van der Waals surface area contributed by atoms with Crippen molar-refractivity contribution in [2.45, 2.75) is 13.5 Å². The molecule has 6 heteroatoms. The summed E-state index contributed by atoms with van der Waals surface area (Å²) >= 11 is 5.40. The minimum atomic E-state index is -0.0658. The van der Waals surface area contributed by atoms with Crippen molar-refractivity contribution in [3.63, 3.8) is 0 Å². The third-order valence-corrected chi connectivity index (χ3v) is 5.70. The summed E-state index contributed by atoms with van der Waals surface area (Å²) in [5, 5.41) is 10.6. The number of para-hydroxylation sites is 1. The Labute approximate surface area is 175 Å². The first-order valence-electron chi connectivity index (χ1n) is 9.41. The lowest BCUT2D eigenvalue weighted by atomic mass is 10.1. The Balaban J connectivity index is 1.76. The van der Waals surface area contributed by atoms with E-state index in [0.29, 0.717) is 29.5 Å². The Morgan fingerprint density at radius 3 is 2.52 bits per heavy atom. The van der Waals surface area contributed by atoms with Crippen LogP contribution in [-0.4, -0.2) is 39.0 Å². The molecular weight excluding hydrogens is 380 g/mol. The molecule has 4 rings (SSSR count). The van der Waals surface area contributed by atoms with Crippen LogP contribution in [0.25, 0.3) is 17.0 Å². The molecule has 1 aliphatic rings. The summed E-state index contributed by atoms with van der Waals surface area (Å²) in [6, 6.07) is 17.9. The molecule has 3 aromatic rings. The number of aromatic nitrogens is 1. The molecule has 2 heterocycles. The van der Waals surface area contributed by atoms with Gasteiger partial charge in [-0.3, -0.25) is 9.69 Å². The number of carbonyl (C=O) groups excluding carboxylic acids is 1. The van der Waals surface area contributed by atoms with Crippen molar-refractivity contribution in [1.82, 2.24) is 14.4 Å². The average molecular weight is 401 g/mol. The molecule has 0 aliphatic carbocycles. The average Bonchev–Trinajstić information content (AvgIpc) is 3.19. The molecule has 0 spiro atoms. The number of nitriles is 1. The van der Waals surface area contributed by atoms with E-state index in [9.17, 15) is 4.79 Å². The molecular formula is C23H20N4OS. The molecule has 0 bridgehead atoms. The number of hydrogen-bond acceptors (Lipinski definition) is 3. The van der Waals surface area contributed by atoms with E-state index < -0.39 is 0 Å². The SMILES string of the molecule is CCN1C(=O)/C(=C/c2cn(Cc3ccc(C#N)cc3)c3ccccc23)N(C)C1=S. The molecule has 0 atom stereocenters. The van der Waals surface area contributed by atoms with Crippen LogP contribution in [-0.2, 0) is 11.3 Å². The topological polar surface area (TPSA) is 52.3 Å². The molecule has 1 aliphatic heterocycles. The predicted octanol–water partition coefficient (Wildman–Crippen LogP) is 3.98. The maximum absolute atomic E-state index is 12.8. The second kappa shape index (κ2) is 7.53. The highest BCUT2D eigenvalue weighted by Crippen LogP contribution is 2.28. The first-order chi connectivity index (χ1) is 14.0. The van der Waals surface area contributed by atoms with Crippen LogP contribution in [0, 0.1) is 11.3 Å². The van der Waals surface area contributed by atoms with Gasteiger partial charge in [-0.2, -0.15) is 5.26 Å². The highest BCUT2D eigenvalue weighted by atomic mass is 32.1. The van der Waals surface area contributed by atoms with Crippen LogP contribution in [0.15, 0.2) is 60.4 Å². The van der Waals surface area contributed by atoms with E-state index >= 15 is 0 Å². The fourth-order valence-electron chi connectivity index (χ4n) is 3.64. The van der Waals surface area contributed by atoms with Gasteiger partial charge in [-0.15, -0.1) is 0 Å². The normalized spacial score (nSPS) is 15.6. The van der Waals surface area contributed by atoms with Crippen LogP contribution in [0.1, 0.15) is 23.6 Å². The number of nitrogens with zero attached hydrogens (tertiary/aromatic N) is 4. The van der Waals surface area contributed by atoms with Gasteiger partial charge in [-0.05, 0) is 49.0 Å². The number of fused-ring (bicyclic) bond motifs is 1. The van der Waals surface area contributed by atoms with Crippen LogP contribution in [0.2, 0.25) is 0 Å². The number of amides is 1. The zero-order valence-corrected chi connectivity index (χ0v) is 17.1. The van der Waals surface area contributed by atoms with Crippen molar-refractivity contribution in [3.05, 3.63) is 77.1 Å². The molecule has 1 saturated heterocycles. The third kappa shape index (κ3) is 3.30. The molecule has 5 nitrogen and oxygen atoms in total. The highest BCUT2D eigenvalue weighted by molar-refractivity contribution is 7.80. The molecule has 144 valence electrons. The summed E-state index contributed by atoms with van der Waals surface area (Å²) in [6.45, 7) is 3.16. The monoisotopic (exact) mass is 400 g/mol. The number of thiocarbonyl (C=S) groups is 1. The Morgan fingerprint density at radius 2 is 1.86 bits per heavy atom. The predicted molar refractivity (Wildman–Crippen MR) is 118 cm³/mol. The van der Waals surface area contributed by atoms with Crippen LogP contribution < -0.4 is 0 Å². The van der Waals surface area contributed by atoms with Crippen molar-refractivity contribution in [2.24, 2.45) is 0 Å². The molecule has 2 aromatic carbocycles. The van der Waals surface area contributed by atoms with E-state index in [4.69, 9.17) is 17.5 Å². The van der Waals surface area contributed by atoms with Crippen LogP contribution >= 0.6 is 12.2 Å². The Hall–Kier alpha value is -3.43. The standard InChI is InChI=1S/C23H20N4OS/c1-3-27-22(28)21(25(2)23(27)29)12-18-15-26(20-7-5-4-6-19(18)20)14-17-10-8-16(13-24)9-11-17/h4-12,15H,3,14H2,1-2H3/b21-12-. The first-order valence-corrected chi connectivity index (χ1v) is 9.82. The fourth-order valence-corrected chi connectivity index (χ4v) is 3.95. The number of hydrogen-bond donors (Lipinski definition) is 0. The molecule has 1 aromatic heterocycles. The quantitative estimate of drug-likeness (QED) is 0.491. The van der Waals surface area contributed by atoms with Gasteiger partial charge >= 0.3 is 0 Å². The summed E-state index contributed by atoms with van der Waals surface area (Å²) in [6.07, 6.45) is 3.98. The molecule has 0 unspecified atom stereocenters. The van der Waals surface area contributed by atoms with E-state index in [2.05, 4.69) is 29.0 Å². The number of carbonyl (C=O) groups is 1. The largest absolute Gasteiger partial charge is 0.342 e. The number of rotatable bonds is 4. The van der Waals surface area contributed by atoms with Gasteiger partial charge in [0.2, 0.25) is 0 Å². The van der Waals surface area contributed by atoms with Crippen molar-refractivity contribution in [2.75, 3.05) is 13.6 Å². The Kier molecular flexibility index (Phi) is 4.91. The van der Waals surface area contributed by atoms with Gasteiger partial charge in [0.15, 0.2) is 5.11 Å². The molecule has 29 heavy (non-hydrogen) atoms. The van der Waals surface area contributed by atoms with Crippen LogP contribution in [0.4, 0.5) is 0 Å². The first kappa shape index (κ1) is 18.9. The summed E-state index contributed by atoms with van der Waals surface area (Å²) in [5.41, 5.74) is 4.40. The molecule has 0 saturated carbocycles. The Bertz CT molecular complexity index is 1180. The maximum atomic E-state index is 12.8. The molecule has 0 radical (unpaired) electrons. The fraction of sp³-hybridized carbons (Fsp3) is 0.174. The van der Waals surface area contributed by atoms with Crippen molar-refractivity contribution in [3.8, 4) is 6.07 Å². The molecule has 1 fully saturated rings. The highest BCUT2D eigenvalue weighted by Gasteiger charge is 2.34. The van der Waals surface area contributed by atoms with E-state index in [0.717, 1.165) is 22.0 Å². The van der Waals surface area contributed by atoms with E-state index in [1.165, 1.54) is 0 Å². The summed E-state index contributed by atoms with van der Waals surface area (Å²) in [7, 11) is 1.83.